The lowest BCUT2D eigenvalue weighted by Crippen LogP contribution is -2.37. The first-order valence-electron chi connectivity index (χ1n) is 6.60. The highest BCUT2D eigenvalue weighted by Gasteiger charge is 2.18. The van der Waals surface area contributed by atoms with E-state index >= 15 is 0 Å². The first kappa shape index (κ1) is 12.6. The highest BCUT2D eigenvalue weighted by atomic mass is 16.2. The molecule has 0 spiro atoms. The summed E-state index contributed by atoms with van der Waals surface area (Å²) < 4.78 is 3.44. The summed E-state index contributed by atoms with van der Waals surface area (Å²) >= 11 is 0. The predicted molar refractivity (Wildman–Crippen MR) is 81.3 cm³/mol. The quantitative estimate of drug-likeness (QED) is 0.483. The van der Waals surface area contributed by atoms with Gasteiger partial charge in [-0.05, 0) is 12.1 Å². The number of imidazole rings is 1. The van der Waals surface area contributed by atoms with Gasteiger partial charge in [-0.1, -0.05) is 12.1 Å². The second-order valence-corrected chi connectivity index (χ2v) is 5.12. The maximum absolute atomic E-state index is 12.7. The van der Waals surface area contributed by atoms with E-state index in [1.165, 1.54) is 23.1 Å². The van der Waals surface area contributed by atoms with Crippen LogP contribution in [0, 0.1) is 0 Å². The van der Waals surface area contributed by atoms with Crippen molar-refractivity contribution in [2.75, 3.05) is 0 Å². The first-order valence-corrected chi connectivity index (χ1v) is 6.60. The number of H-pyrrole nitrogens is 1. The predicted octanol–water partition coefficient (Wildman–Crippen LogP) is -0.274. The Morgan fingerprint density at radius 2 is 1.73 bits per heavy atom. The van der Waals surface area contributed by atoms with Crippen molar-refractivity contribution in [2.45, 2.75) is 0 Å². The fraction of sp³-hybridized carbons (Fsp3) is 0.143. The molecule has 4 rings (SSSR count). The van der Waals surface area contributed by atoms with E-state index in [2.05, 4.69) is 9.97 Å². The fourth-order valence-electron chi connectivity index (χ4n) is 2.70. The monoisotopic (exact) mass is 297 g/mol. The topological polar surface area (TPSA) is 94.2 Å². The van der Waals surface area contributed by atoms with Crippen LogP contribution in [0.5, 0.6) is 0 Å². The lowest BCUT2D eigenvalue weighted by molar-refractivity contribution is 0.707. The molecule has 0 fully saturated rings. The summed E-state index contributed by atoms with van der Waals surface area (Å²) in [5.74, 6) is 0.233. The van der Waals surface area contributed by atoms with Crippen molar-refractivity contribution in [1.29, 1.82) is 0 Å². The highest BCUT2D eigenvalue weighted by Crippen LogP contribution is 2.12. The number of benzene rings is 1. The van der Waals surface area contributed by atoms with Crippen LogP contribution in [0.1, 0.15) is 0 Å². The number of aromatic amines is 1. The second-order valence-electron chi connectivity index (χ2n) is 5.12. The van der Waals surface area contributed by atoms with Crippen molar-refractivity contribution >= 4 is 27.8 Å². The number of para-hydroxylation sites is 1. The molecule has 0 unspecified atom stereocenters. The molecule has 0 saturated heterocycles. The zero-order valence-corrected chi connectivity index (χ0v) is 11.8. The van der Waals surface area contributed by atoms with Gasteiger partial charge in [0.05, 0.1) is 10.9 Å². The number of rotatable bonds is 0. The Morgan fingerprint density at radius 3 is 2.50 bits per heavy atom. The van der Waals surface area contributed by atoms with E-state index in [0.717, 1.165) is 4.57 Å². The molecule has 0 saturated carbocycles. The maximum atomic E-state index is 12.7. The summed E-state index contributed by atoms with van der Waals surface area (Å²) in [5.41, 5.74) is -0.493. The SMILES string of the molecule is Cn1c(=O)c2c(nc3[nH]c4ccccc4c(=O)n32)n(C)c1=O. The van der Waals surface area contributed by atoms with E-state index in [4.69, 9.17) is 0 Å². The number of nitrogens with one attached hydrogen (secondary N) is 1. The normalized spacial score (nSPS) is 11.7. The summed E-state index contributed by atoms with van der Waals surface area (Å²) in [6.07, 6.45) is 0. The van der Waals surface area contributed by atoms with Crippen LogP contribution in [0.25, 0.3) is 27.8 Å². The van der Waals surface area contributed by atoms with Gasteiger partial charge < -0.3 is 4.98 Å². The van der Waals surface area contributed by atoms with E-state index in [1.807, 2.05) is 0 Å². The molecule has 0 radical (unpaired) electrons. The molecule has 4 aromatic rings. The Morgan fingerprint density at radius 1 is 1.00 bits per heavy atom. The number of hydrogen-bond acceptors (Lipinski definition) is 4. The second kappa shape index (κ2) is 3.94. The molecule has 3 heterocycles. The van der Waals surface area contributed by atoms with Crippen LogP contribution in [0.4, 0.5) is 0 Å². The van der Waals surface area contributed by atoms with Crippen LogP contribution in [-0.4, -0.2) is 23.5 Å². The van der Waals surface area contributed by atoms with E-state index in [0.29, 0.717) is 10.9 Å². The van der Waals surface area contributed by atoms with Crippen LogP contribution in [0.15, 0.2) is 38.6 Å². The van der Waals surface area contributed by atoms with E-state index in [9.17, 15) is 14.4 Å². The minimum Gasteiger partial charge on any atom is -0.324 e. The van der Waals surface area contributed by atoms with E-state index < -0.39 is 11.2 Å². The van der Waals surface area contributed by atoms with Crippen LogP contribution in [0.2, 0.25) is 0 Å². The third-order valence-corrected chi connectivity index (χ3v) is 3.86. The third-order valence-electron chi connectivity index (χ3n) is 3.86. The van der Waals surface area contributed by atoms with Crippen LogP contribution >= 0.6 is 0 Å². The number of nitrogens with zero attached hydrogens (tertiary/aromatic N) is 4. The Kier molecular flexibility index (Phi) is 2.25. The van der Waals surface area contributed by atoms with Crippen molar-refractivity contribution in [3.63, 3.8) is 0 Å². The van der Waals surface area contributed by atoms with Crippen LogP contribution < -0.4 is 16.8 Å². The molecule has 1 aromatic carbocycles. The molecule has 0 aliphatic heterocycles. The molecule has 0 aliphatic rings. The smallest absolute Gasteiger partial charge is 0.324 e. The average molecular weight is 297 g/mol. The van der Waals surface area contributed by atoms with Gasteiger partial charge in [0, 0.05) is 14.1 Å². The average Bonchev–Trinajstić information content (AvgIpc) is 2.91. The maximum Gasteiger partial charge on any atom is 0.332 e. The molecule has 110 valence electrons. The van der Waals surface area contributed by atoms with Crippen LogP contribution in [0.3, 0.4) is 0 Å². The van der Waals surface area contributed by atoms with Gasteiger partial charge in [0.15, 0.2) is 11.2 Å². The molecule has 22 heavy (non-hydrogen) atoms. The third kappa shape index (κ3) is 1.36. The van der Waals surface area contributed by atoms with Crippen molar-refractivity contribution < 1.29 is 0 Å². The Bertz CT molecular complexity index is 1260. The number of aryl methyl sites for hydroxylation is 1. The van der Waals surface area contributed by atoms with Gasteiger partial charge in [-0.2, -0.15) is 4.98 Å². The van der Waals surface area contributed by atoms with Gasteiger partial charge in [-0.3, -0.25) is 18.7 Å². The minimum absolute atomic E-state index is 0.0894. The van der Waals surface area contributed by atoms with Crippen LogP contribution in [-0.2, 0) is 14.1 Å². The van der Waals surface area contributed by atoms with Gasteiger partial charge in [0.25, 0.3) is 11.1 Å². The zero-order valence-electron chi connectivity index (χ0n) is 11.8. The molecule has 0 aliphatic carbocycles. The first-order chi connectivity index (χ1) is 10.5. The molecular formula is C14H11N5O3. The van der Waals surface area contributed by atoms with Gasteiger partial charge in [-0.15, -0.1) is 0 Å². The molecule has 0 amide bonds. The van der Waals surface area contributed by atoms with Crippen molar-refractivity contribution in [3.05, 3.63) is 55.5 Å². The Balaban J connectivity index is 2.45. The largest absolute Gasteiger partial charge is 0.332 e. The van der Waals surface area contributed by atoms with E-state index in [-0.39, 0.29) is 22.5 Å². The summed E-state index contributed by atoms with van der Waals surface area (Å²) in [4.78, 5) is 44.3. The molecule has 8 heteroatoms. The minimum atomic E-state index is -0.550. The standard InChI is InChI=1S/C14H11N5O3/c1-17-10-9(12(21)18(2)14(17)22)19-11(20)7-5-3-4-6-8(7)15-13(19)16-10/h3-6H,1-2H3,(H,15,16). The Hall–Kier alpha value is -3.16. The molecule has 8 nitrogen and oxygen atoms in total. The summed E-state index contributed by atoms with van der Waals surface area (Å²) in [5, 5.41) is 0.449. The molecule has 1 N–H and O–H groups in total. The lowest BCUT2D eigenvalue weighted by Gasteiger charge is -2.02. The summed E-state index contributed by atoms with van der Waals surface area (Å²) in [7, 11) is 2.89. The highest BCUT2D eigenvalue weighted by molar-refractivity contribution is 5.83. The number of fused-ring (bicyclic) bond motifs is 4. The van der Waals surface area contributed by atoms with Gasteiger partial charge in [0.2, 0.25) is 5.78 Å². The van der Waals surface area contributed by atoms with Crippen molar-refractivity contribution in [1.82, 2.24) is 23.5 Å². The van der Waals surface area contributed by atoms with Gasteiger partial charge in [0.1, 0.15) is 0 Å². The van der Waals surface area contributed by atoms with Gasteiger partial charge in [-0.25, -0.2) is 9.20 Å². The Labute approximate surface area is 121 Å². The van der Waals surface area contributed by atoms with Crippen molar-refractivity contribution in [2.24, 2.45) is 14.1 Å². The number of hydrogen-bond donors (Lipinski definition) is 1. The van der Waals surface area contributed by atoms with E-state index in [1.54, 1.807) is 24.3 Å². The molecule has 0 atom stereocenters. The summed E-state index contributed by atoms with van der Waals surface area (Å²) in [6.45, 7) is 0. The summed E-state index contributed by atoms with van der Waals surface area (Å²) in [6, 6.07) is 6.97. The van der Waals surface area contributed by atoms with Gasteiger partial charge >= 0.3 is 5.69 Å². The molecular weight excluding hydrogens is 286 g/mol. The van der Waals surface area contributed by atoms with Crippen molar-refractivity contribution in [3.8, 4) is 0 Å². The lowest BCUT2D eigenvalue weighted by atomic mass is 10.2. The molecule has 0 bridgehead atoms. The number of aromatic nitrogens is 5. The fourth-order valence-corrected chi connectivity index (χ4v) is 2.70. The molecule has 3 aromatic heterocycles. The zero-order chi connectivity index (χ0) is 15.6.